The van der Waals surface area contributed by atoms with Crippen molar-refractivity contribution < 1.29 is 42.9 Å². The molecule has 0 spiro atoms. The number of hydrogen-bond donors (Lipinski definition) is 1. The van der Waals surface area contributed by atoms with Gasteiger partial charge in [0.05, 0.1) is 34.4 Å². The fourth-order valence-corrected chi connectivity index (χ4v) is 7.56. The summed E-state index contributed by atoms with van der Waals surface area (Å²) in [6.45, 7) is 4.67. The van der Waals surface area contributed by atoms with E-state index in [1.807, 2.05) is 21.1 Å². The van der Waals surface area contributed by atoms with Crippen LogP contribution in [0.4, 0.5) is 0 Å². The highest BCUT2D eigenvalue weighted by molar-refractivity contribution is 5.71. The van der Waals surface area contributed by atoms with Gasteiger partial charge in [0.2, 0.25) is 0 Å². The maximum Gasteiger partial charge on any atom is 0.361 e. The van der Waals surface area contributed by atoms with E-state index in [0.29, 0.717) is 17.4 Å². The average Bonchev–Trinajstić information content (AvgIpc) is 3.36. The molecule has 0 aromatic carbocycles. The highest BCUT2D eigenvalue weighted by Crippen LogP contribution is 2.15. The summed E-state index contributed by atoms with van der Waals surface area (Å²) < 4.78 is 22.8. The van der Waals surface area contributed by atoms with Crippen molar-refractivity contribution in [1.29, 1.82) is 0 Å². The number of ether oxygens (including phenoxy) is 4. The van der Waals surface area contributed by atoms with Crippen molar-refractivity contribution in [1.82, 2.24) is 0 Å². The van der Waals surface area contributed by atoms with Gasteiger partial charge in [0.15, 0.2) is 6.10 Å². The molecule has 9 nitrogen and oxygen atoms in total. The first kappa shape index (κ1) is 69.0. The van der Waals surface area contributed by atoms with E-state index < -0.39 is 24.3 Å². The van der Waals surface area contributed by atoms with Crippen LogP contribution in [0.5, 0.6) is 0 Å². The Hall–Kier alpha value is -4.05. The predicted molar refractivity (Wildman–Crippen MR) is 308 cm³/mol. The van der Waals surface area contributed by atoms with Gasteiger partial charge in [0.25, 0.3) is 6.29 Å². The van der Waals surface area contributed by atoms with Crippen molar-refractivity contribution in [2.75, 3.05) is 47.5 Å². The lowest BCUT2D eigenvalue weighted by Gasteiger charge is -2.25. The first-order valence-electron chi connectivity index (χ1n) is 29.1. The molecule has 0 bridgehead atoms. The number of esters is 2. The summed E-state index contributed by atoms with van der Waals surface area (Å²) in [7, 11) is 5.95. The molecule has 0 radical (unpaired) electrons. The van der Waals surface area contributed by atoms with Crippen molar-refractivity contribution in [3.63, 3.8) is 0 Å². The third-order valence-corrected chi connectivity index (χ3v) is 12.0. The number of aliphatic carboxylic acids is 1. The summed E-state index contributed by atoms with van der Waals surface area (Å²) in [5, 5.41) is 9.68. The molecule has 1 N–H and O–H groups in total. The third-order valence-electron chi connectivity index (χ3n) is 12.0. The molecule has 73 heavy (non-hydrogen) atoms. The Balaban J connectivity index is 4.14. The van der Waals surface area contributed by atoms with Gasteiger partial charge < -0.3 is 28.5 Å². The zero-order valence-corrected chi connectivity index (χ0v) is 47.3. The summed E-state index contributed by atoms with van der Waals surface area (Å²) in [5.74, 6) is -2.03. The van der Waals surface area contributed by atoms with Gasteiger partial charge in [0.1, 0.15) is 13.2 Å². The number of carbonyl (C=O) groups excluding carboxylic acids is 2. The van der Waals surface area contributed by atoms with Gasteiger partial charge in [-0.3, -0.25) is 9.59 Å². The molecule has 9 heteroatoms. The molecular formula is C64H108NO8+. The topological polar surface area (TPSA) is 108 Å². The largest absolute Gasteiger partial charge is 0.477 e. The molecular weight excluding hydrogens is 911 g/mol. The van der Waals surface area contributed by atoms with Gasteiger partial charge in [-0.2, -0.15) is 0 Å². The van der Waals surface area contributed by atoms with Crippen LogP contribution < -0.4 is 0 Å². The molecule has 2 atom stereocenters. The Kier molecular flexibility index (Phi) is 51.2. The molecule has 0 saturated heterocycles. The van der Waals surface area contributed by atoms with Crippen molar-refractivity contribution in [2.45, 2.75) is 232 Å². The molecule has 0 rings (SSSR count). The van der Waals surface area contributed by atoms with Gasteiger partial charge in [-0.25, -0.2) is 4.79 Å². The zero-order chi connectivity index (χ0) is 53.4. The monoisotopic (exact) mass is 1020 g/mol. The molecule has 2 unspecified atom stereocenters. The predicted octanol–water partition coefficient (Wildman–Crippen LogP) is 17.1. The normalized spacial score (nSPS) is 13.6. The number of quaternary nitrogens is 1. The van der Waals surface area contributed by atoms with E-state index in [0.717, 1.165) is 116 Å². The van der Waals surface area contributed by atoms with Crippen LogP contribution in [0.15, 0.2) is 109 Å². The van der Waals surface area contributed by atoms with Crippen molar-refractivity contribution in [3.05, 3.63) is 109 Å². The Labute approximate surface area is 447 Å². The fourth-order valence-electron chi connectivity index (χ4n) is 7.56. The fraction of sp³-hybridized carbons (Fsp3) is 0.672. The number of carboxylic acid groups (broad SMARTS) is 1. The number of nitrogens with zero attached hydrogens (tertiary/aromatic N) is 1. The van der Waals surface area contributed by atoms with Crippen LogP contribution in [0.3, 0.4) is 0 Å². The van der Waals surface area contributed by atoms with E-state index >= 15 is 0 Å². The average molecular weight is 1020 g/mol. The number of unbranched alkanes of at least 4 members (excludes halogenated alkanes) is 19. The zero-order valence-electron chi connectivity index (χ0n) is 47.3. The van der Waals surface area contributed by atoms with E-state index in [2.05, 4.69) is 123 Å². The number of carboxylic acids is 1. The van der Waals surface area contributed by atoms with Gasteiger partial charge >= 0.3 is 17.9 Å². The minimum atomic E-state index is -1.52. The molecule has 0 saturated carbocycles. The highest BCUT2D eigenvalue weighted by Gasteiger charge is 2.25. The van der Waals surface area contributed by atoms with E-state index in [-0.39, 0.29) is 38.6 Å². The number of allylic oxidation sites excluding steroid dienone is 18. The van der Waals surface area contributed by atoms with E-state index in [4.69, 9.17) is 18.9 Å². The summed E-state index contributed by atoms with van der Waals surface area (Å²) in [6, 6.07) is 0. The molecule has 0 fully saturated rings. The first-order valence-corrected chi connectivity index (χ1v) is 29.1. The Morgan fingerprint density at radius 1 is 0.425 bits per heavy atom. The van der Waals surface area contributed by atoms with Crippen LogP contribution in [0.25, 0.3) is 0 Å². The number of hydrogen-bond acceptors (Lipinski definition) is 7. The van der Waals surface area contributed by atoms with Crippen molar-refractivity contribution >= 4 is 17.9 Å². The van der Waals surface area contributed by atoms with Crippen LogP contribution in [-0.4, -0.2) is 87.4 Å². The van der Waals surface area contributed by atoms with E-state index in [9.17, 15) is 19.5 Å². The number of carbonyl (C=O) groups is 3. The Morgan fingerprint density at radius 2 is 0.781 bits per heavy atom. The van der Waals surface area contributed by atoms with Crippen molar-refractivity contribution in [2.24, 2.45) is 0 Å². The Morgan fingerprint density at radius 3 is 1.16 bits per heavy atom. The van der Waals surface area contributed by atoms with Gasteiger partial charge in [-0.05, 0) is 96.3 Å². The third kappa shape index (κ3) is 55.5. The first-order chi connectivity index (χ1) is 35.6. The summed E-state index contributed by atoms with van der Waals surface area (Å²) in [5.41, 5.74) is 0. The van der Waals surface area contributed by atoms with E-state index in [1.54, 1.807) is 0 Å². The standard InChI is InChI=1S/C64H107NO8/c1-6-8-10-12-14-16-18-20-21-22-23-24-25-26-27-28-29-30-31-32-33-34-35-36-37-38-39-40-41-43-45-47-49-51-53-55-62(67)73-60(59-72-64(63(68)69)70-57-56-65(3,4)5)58-71-61(66)54-52-50-48-46-44-42-19-17-15-13-11-9-7-2/h8,10-11,13-14,16-17,19-21,23-24,26-27,29-30,32-33,60,64H,6-7,9,12,15,18,22,25,28,31,34-59H2,1-5H3/p+1/b10-8-,13-11-,16-14-,19-17-,21-20-,24-23-,27-26-,30-29-,33-32-. The van der Waals surface area contributed by atoms with Crippen LogP contribution in [-0.2, 0) is 33.3 Å². The molecule has 0 aliphatic carbocycles. The van der Waals surface area contributed by atoms with Gasteiger partial charge in [0, 0.05) is 12.8 Å². The maximum atomic E-state index is 12.9. The molecule has 0 amide bonds. The SMILES string of the molecule is CC/C=C\C/C=C\C/C=C\C/C=C\C/C=C\C/C=C\C/C=C\CCCCCCCCCCCCCCCC(=O)OC(COC(=O)CCCCCCC/C=C\C/C=C\CCC)COC(OCC[N+](C)(C)C)C(=O)O. The van der Waals surface area contributed by atoms with E-state index in [1.165, 1.54) is 70.6 Å². The smallest absolute Gasteiger partial charge is 0.361 e. The minimum absolute atomic E-state index is 0.181. The molecule has 0 aliphatic heterocycles. The molecule has 0 aromatic rings. The number of likely N-dealkylation sites (N-methyl/N-ethyl adjacent to an activating group) is 1. The van der Waals surface area contributed by atoms with Crippen LogP contribution in [0.2, 0.25) is 0 Å². The van der Waals surface area contributed by atoms with Crippen LogP contribution in [0.1, 0.15) is 219 Å². The summed E-state index contributed by atoms with van der Waals surface area (Å²) in [6.07, 6.45) is 71.8. The second kappa shape index (κ2) is 54.2. The minimum Gasteiger partial charge on any atom is -0.477 e. The van der Waals surface area contributed by atoms with Gasteiger partial charge in [-0.1, -0.05) is 220 Å². The number of rotatable bonds is 52. The molecule has 0 aromatic heterocycles. The Bertz CT molecular complexity index is 1560. The molecule has 0 heterocycles. The van der Waals surface area contributed by atoms with Crippen LogP contribution >= 0.6 is 0 Å². The lowest BCUT2D eigenvalue weighted by molar-refractivity contribution is -0.870. The maximum absolute atomic E-state index is 12.9. The highest BCUT2D eigenvalue weighted by atomic mass is 16.7. The van der Waals surface area contributed by atoms with Crippen molar-refractivity contribution in [3.8, 4) is 0 Å². The summed E-state index contributed by atoms with van der Waals surface area (Å²) in [4.78, 5) is 37.3. The summed E-state index contributed by atoms with van der Waals surface area (Å²) >= 11 is 0. The lowest BCUT2D eigenvalue weighted by atomic mass is 10.0. The molecule has 416 valence electrons. The van der Waals surface area contributed by atoms with Gasteiger partial charge in [-0.15, -0.1) is 0 Å². The lowest BCUT2D eigenvalue weighted by Crippen LogP contribution is -2.40. The second-order valence-electron chi connectivity index (χ2n) is 20.2. The van der Waals surface area contributed by atoms with Crippen LogP contribution in [0, 0.1) is 0 Å². The molecule has 0 aliphatic rings. The second-order valence-corrected chi connectivity index (χ2v) is 20.2. The quantitative estimate of drug-likeness (QED) is 0.0211.